The lowest BCUT2D eigenvalue weighted by atomic mass is 9.95. The molecule has 0 unspecified atom stereocenters. The van der Waals surface area contributed by atoms with Crippen molar-refractivity contribution < 1.29 is 9.84 Å². The maximum absolute atomic E-state index is 10.1. The number of ether oxygens (including phenoxy) is 1. The fourth-order valence-electron chi connectivity index (χ4n) is 3.64. The van der Waals surface area contributed by atoms with Crippen molar-refractivity contribution in [2.45, 2.75) is 31.5 Å². The van der Waals surface area contributed by atoms with Crippen molar-refractivity contribution in [2.75, 3.05) is 12.9 Å². The minimum atomic E-state index is -0.0846. The summed E-state index contributed by atoms with van der Waals surface area (Å²) in [5, 5.41) is 11.2. The molecule has 136 valence electrons. The van der Waals surface area contributed by atoms with Crippen molar-refractivity contribution in [2.24, 2.45) is 4.99 Å². The first-order valence-corrected chi connectivity index (χ1v) is 10.4. The summed E-state index contributed by atoms with van der Waals surface area (Å²) < 4.78 is 6.21. The van der Waals surface area contributed by atoms with E-state index in [2.05, 4.69) is 32.7 Å². The number of benzene rings is 1. The number of phenolic OH excluding ortho intramolecular Hbond substituents is 1. The first-order chi connectivity index (χ1) is 12.6. The van der Waals surface area contributed by atoms with E-state index in [0.717, 1.165) is 33.1 Å². The second-order valence-corrected chi connectivity index (χ2v) is 8.22. The highest BCUT2D eigenvalue weighted by atomic mass is 79.9. The highest BCUT2D eigenvalue weighted by molar-refractivity contribution is 9.10. The van der Waals surface area contributed by atoms with E-state index in [1.54, 1.807) is 13.2 Å². The fourth-order valence-corrected chi connectivity index (χ4v) is 5.54. The SMILES string of the molecule is CC[C@@H]1CSC2=N[C@@H](c3ccccn3)[C@H](c3cc(OC)c(O)cc3Br)N21. The molecule has 1 fully saturated rings. The standard InChI is InChI=1S/C19H20BrN3O2S/c1-3-11-10-26-19-22-17(14-6-4-5-7-21-14)18(23(11)19)12-8-16(25-2)15(24)9-13(12)20/h4-9,11,17-18,24H,3,10H2,1-2H3/t11-,17+,18+/m1/s1. The molecule has 1 saturated heterocycles. The number of methoxy groups -OCH3 is 1. The van der Waals surface area contributed by atoms with Crippen LogP contribution >= 0.6 is 27.7 Å². The van der Waals surface area contributed by atoms with Crippen LogP contribution in [0, 0.1) is 0 Å². The molecular weight excluding hydrogens is 414 g/mol. The Bertz CT molecular complexity index is 846. The molecule has 3 atom stereocenters. The van der Waals surface area contributed by atoms with Gasteiger partial charge in [0, 0.05) is 22.5 Å². The van der Waals surface area contributed by atoms with E-state index >= 15 is 0 Å². The minimum Gasteiger partial charge on any atom is -0.504 e. The van der Waals surface area contributed by atoms with Crippen LogP contribution in [0.4, 0.5) is 0 Å². The average molecular weight is 434 g/mol. The number of amidine groups is 1. The lowest BCUT2D eigenvalue weighted by Gasteiger charge is -2.32. The van der Waals surface area contributed by atoms with E-state index < -0.39 is 0 Å². The predicted molar refractivity (Wildman–Crippen MR) is 108 cm³/mol. The number of pyridine rings is 1. The molecule has 0 amide bonds. The number of thioether (sulfide) groups is 1. The number of aromatic nitrogens is 1. The van der Waals surface area contributed by atoms with Crippen LogP contribution in [-0.2, 0) is 0 Å². The van der Waals surface area contributed by atoms with Crippen molar-refractivity contribution in [3.05, 3.63) is 52.3 Å². The number of halogens is 1. The Kier molecular flexibility index (Phi) is 4.84. The molecule has 5 nitrogen and oxygen atoms in total. The molecule has 1 N–H and O–H groups in total. The molecule has 0 radical (unpaired) electrons. The molecule has 26 heavy (non-hydrogen) atoms. The zero-order valence-electron chi connectivity index (χ0n) is 14.6. The van der Waals surface area contributed by atoms with Crippen LogP contribution < -0.4 is 4.74 Å². The average Bonchev–Trinajstić information content (AvgIpc) is 3.22. The molecule has 1 aromatic carbocycles. The van der Waals surface area contributed by atoms with E-state index in [4.69, 9.17) is 9.73 Å². The van der Waals surface area contributed by atoms with E-state index in [9.17, 15) is 5.11 Å². The minimum absolute atomic E-state index is 0.0173. The van der Waals surface area contributed by atoms with Gasteiger partial charge in [0.15, 0.2) is 16.7 Å². The highest BCUT2D eigenvalue weighted by Gasteiger charge is 2.46. The fraction of sp³-hybridized carbons (Fsp3) is 0.368. The summed E-state index contributed by atoms with van der Waals surface area (Å²) in [4.78, 5) is 12.0. The number of fused-ring (bicyclic) bond motifs is 1. The molecule has 2 aliphatic heterocycles. The van der Waals surface area contributed by atoms with Gasteiger partial charge >= 0.3 is 0 Å². The Labute approximate surface area is 165 Å². The third kappa shape index (κ3) is 2.87. The van der Waals surface area contributed by atoms with Crippen molar-refractivity contribution in [1.29, 1.82) is 0 Å². The number of phenols is 1. The molecule has 2 aliphatic rings. The van der Waals surface area contributed by atoms with Crippen LogP contribution in [0.2, 0.25) is 0 Å². The summed E-state index contributed by atoms with van der Waals surface area (Å²) in [5.74, 6) is 1.64. The van der Waals surface area contributed by atoms with Gasteiger partial charge in [0.2, 0.25) is 0 Å². The Morgan fingerprint density at radius 2 is 2.23 bits per heavy atom. The molecule has 1 aromatic heterocycles. The summed E-state index contributed by atoms with van der Waals surface area (Å²) in [5.41, 5.74) is 2.00. The van der Waals surface area contributed by atoms with Gasteiger partial charge in [-0.15, -0.1) is 0 Å². The number of hydrogen-bond donors (Lipinski definition) is 1. The van der Waals surface area contributed by atoms with Gasteiger partial charge < -0.3 is 14.7 Å². The van der Waals surface area contributed by atoms with E-state index in [-0.39, 0.29) is 17.8 Å². The highest BCUT2D eigenvalue weighted by Crippen LogP contribution is 2.51. The molecule has 7 heteroatoms. The second-order valence-electron chi connectivity index (χ2n) is 6.38. The van der Waals surface area contributed by atoms with E-state index in [1.807, 2.05) is 42.2 Å². The lowest BCUT2D eigenvalue weighted by molar-refractivity contribution is 0.253. The van der Waals surface area contributed by atoms with E-state index in [0.29, 0.717) is 11.8 Å². The van der Waals surface area contributed by atoms with Crippen molar-refractivity contribution in [3.8, 4) is 11.5 Å². The number of aliphatic imine (C=N–C) groups is 1. The largest absolute Gasteiger partial charge is 0.504 e. The van der Waals surface area contributed by atoms with Gasteiger partial charge in [-0.05, 0) is 36.2 Å². The van der Waals surface area contributed by atoms with Crippen molar-refractivity contribution >= 4 is 32.9 Å². The zero-order valence-corrected chi connectivity index (χ0v) is 17.0. The summed E-state index contributed by atoms with van der Waals surface area (Å²) in [6.45, 7) is 2.21. The van der Waals surface area contributed by atoms with Crippen LogP contribution in [0.1, 0.15) is 36.7 Å². The monoisotopic (exact) mass is 433 g/mol. The number of rotatable bonds is 4. The Morgan fingerprint density at radius 3 is 2.92 bits per heavy atom. The molecule has 0 aliphatic carbocycles. The number of nitrogens with zero attached hydrogens (tertiary/aromatic N) is 3. The number of aromatic hydroxyl groups is 1. The third-order valence-electron chi connectivity index (χ3n) is 4.95. The van der Waals surface area contributed by atoms with Crippen LogP contribution in [0.15, 0.2) is 46.0 Å². The summed E-state index contributed by atoms with van der Waals surface area (Å²) in [6.07, 6.45) is 2.87. The maximum Gasteiger partial charge on any atom is 0.160 e. The van der Waals surface area contributed by atoms with Crippen LogP contribution in [-0.4, -0.2) is 39.1 Å². The molecule has 0 saturated carbocycles. The van der Waals surface area contributed by atoms with E-state index in [1.165, 1.54) is 0 Å². The molecule has 3 heterocycles. The topological polar surface area (TPSA) is 58.0 Å². The lowest BCUT2D eigenvalue weighted by Crippen LogP contribution is -2.35. The summed E-state index contributed by atoms with van der Waals surface area (Å²) >= 11 is 5.45. The maximum atomic E-state index is 10.1. The Balaban J connectivity index is 1.85. The summed E-state index contributed by atoms with van der Waals surface area (Å²) in [7, 11) is 1.57. The summed E-state index contributed by atoms with van der Waals surface area (Å²) in [6, 6.07) is 9.93. The van der Waals surface area contributed by atoms with Crippen LogP contribution in [0.5, 0.6) is 11.5 Å². The van der Waals surface area contributed by atoms with Gasteiger partial charge in [0.25, 0.3) is 0 Å². The van der Waals surface area contributed by atoms with Gasteiger partial charge in [-0.1, -0.05) is 40.7 Å². The normalized spacial score (nSPS) is 24.5. The second kappa shape index (κ2) is 7.12. The first kappa shape index (κ1) is 17.7. The number of hydrogen-bond acceptors (Lipinski definition) is 6. The van der Waals surface area contributed by atoms with Gasteiger partial charge in [0.05, 0.1) is 18.8 Å². The third-order valence-corrected chi connectivity index (χ3v) is 6.76. The molecular formula is C19H20BrN3O2S. The predicted octanol–water partition coefficient (Wildman–Crippen LogP) is 4.54. The smallest absolute Gasteiger partial charge is 0.160 e. The molecule has 0 spiro atoms. The molecule has 4 rings (SSSR count). The van der Waals surface area contributed by atoms with Crippen LogP contribution in [0.25, 0.3) is 0 Å². The quantitative estimate of drug-likeness (QED) is 0.766. The van der Waals surface area contributed by atoms with Crippen LogP contribution in [0.3, 0.4) is 0 Å². The zero-order chi connectivity index (χ0) is 18.3. The van der Waals surface area contributed by atoms with Gasteiger partial charge in [-0.25, -0.2) is 0 Å². The molecule has 0 bridgehead atoms. The van der Waals surface area contributed by atoms with Gasteiger partial charge in [-0.3, -0.25) is 9.98 Å². The van der Waals surface area contributed by atoms with Gasteiger partial charge in [0.1, 0.15) is 6.04 Å². The van der Waals surface area contributed by atoms with Gasteiger partial charge in [-0.2, -0.15) is 0 Å². The van der Waals surface area contributed by atoms with Crippen molar-refractivity contribution in [3.63, 3.8) is 0 Å². The van der Waals surface area contributed by atoms with Crippen molar-refractivity contribution in [1.82, 2.24) is 9.88 Å². The Hall–Kier alpha value is -1.73. The first-order valence-electron chi connectivity index (χ1n) is 8.60. The molecule has 2 aromatic rings. The Morgan fingerprint density at radius 1 is 1.38 bits per heavy atom.